The molecule has 9 nitrogen and oxygen atoms in total. The number of nitrogens with one attached hydrogen (secondary N) is 1. The van der Waals surface area contributed by atoms with Gasteiger partial charge < -0.3 is 14.4 Å². The van der Waals surface area contributed by atoms with Crippen molar-refractivity contribution >= 4 is 39.4 Å². The van der Waals surface area contributed by atoms with Crippen molar-refractivity contribution in [1.29, 1.82) is 0 Å². The van der Waals surface area contributed by atoms with Gasteiger partial charge in [-0.3, -0.25) is 20.3 Å². The minimum Gasteiger partial charge on any atom is -0.490 e. The molecule has 0 radical (unpaired) electrons. The van der Waals surface area contributed by atoms with Crippen LogP contribution in [-0.4, -0.2) is 49.3 Å². The fraction of sp³-hybridized carbons (Fsp3) is 0.263. The lowest BCUT2D eigenvalue weighted by Crippen LogP contribution is -2.27. The number of carbonyl (C=O) groups excluding carboxylic acids is 1. The van der Waals surface area contributed by atoms with E-state index in [1.807, 2.05) is 6.92 Å². The third kappa shape index (κ3) is 6.46. The lowest BCUT2D eigenvalue weighted by molar-refractivity contribution is -0.384. The second-order valence-corrected chi connectivity index (χ2v) is 6.87. The number of hydrogen-bond acceptors (Lipinski definition) is 7. The highest BCUT2D eigenvalue weighted by atomic mass is 79.9. The zero-order valence-corrected chi connectivity index (χ0v) is 17.8. The molecule has 0 heterocycles. The maximum atomic E-state index is 11.8. The maximum Gasteiger partial charge on any atom is 0.271 e. The number of ether oxygens (including phenoxy) is 2. The van der Waals surface area contributed by atoms with Crippen LogP contribution in [0.15, 0.2) is 46.0 Å². The van der Waals surface area contributed by atoms with E-state index >= 15 is 0 Å². The molecule has 29 heavy (non-hydrogen) atoms. The summed E-state index contributed by atoms with van der Waals surface area (Å²) in [5.41, 5.74) is 3.91. The van der Waals surface area contributed by atoms with Crippen LogP contribution in [0.5, 0.6) is 11.5 Å². The van der Waals surface area contributed by atoms with Crippen LogP contribution in [0.4, 0.5) is 11.4 Å². The summed E-state index contributed by atoms with van der Waals surface area (Å²) in [5, 5.41) is 14.9. The lowest BCUT2D eigenvalue weighted by atomic mass is 10.2. The molecule has 2 rings (SSSR count). The van der Waals surface area contributed by atoms with Crippen molar-refractivity contribution in [2.24, 2.45) is 5.10 Å². The van der Waals surface area contributed by atoms with E-state index in [4.69, 9.17) is 9.47 Å². The van der Waals surface area contributed by atoms with Gasteiger partial charge in [0.15, 0.2) is 18.1 Å². The number of hydrazone groups is 1. The van der Waals surface area contributed by atoms with Crippen LogP contribution in [-0.2, 0) is 4.79 Å². The number of hydrogen-bond donors (Lipinski definition) is 1. The van der Waals surface area contributed by atoms with Gasteiger partial charge in [-0.05, 0) is 46.6 Å². The Hall–Kier alpha value is -3.14. The minimum absolute atomic E-state index is 0.0275. The number of non-ortho nitro benzene ring substituents is 1. The molecule has 0 bridgehead atoms. The van der Waals surface area contributed by atoms with Crippen LogP contribution in [0.3, 0.4) is 0 Å². The van der Waals surface area contributed by atoms with E-state index in [0.717, 1.165) is 0 Å². The number of nitrogens with zero attached hydrogens (tertiary/aromatic N) is 3. The largest absolute Gasteiger partial charge is 0.490 e. The van der Waals surface area contributed by atoms with Crippen molar-refractivity contribution in [3.05, 3.63) is 56.5 Å². The molecular weight excluding hydrogens is 444 g/mol. The van der Waals surface area contributed by atoms with Gasteiger partial charge in [-0.1, -0.05) is 6.07 Å². The highest BCUT2D eigenvalue weighted by Gasteiger charge is 2.14. The summed E-state index contributed by atoms with van der Waals surface area (Å²) in [6.07, 6.45) is 1.54. The first kappa shape index (κ1) is 22.2. The second kappa shape index (κ2) is 10.4. The van der Waals surface area contributed by atoms with E-state index in [1.165, 1.54) is 17.0 Å². The van der Waals surface area contributed by atoms with Gasteiger partial charge in [0.25, 0.3) is 11.6 Å². The molecule has 0 aliphatic carbocycles. The molecule has 0 saturated carbocycles. The Morgan fingerprint density at radius 3 is 2.72 bits per heavy atom. The predicted octanol–water partition coefficient (Wildman–Crippen LogP) is 3.67. The number of likely N-dealkylation sites (N-methyl/N-ethyl adjacent to an activating group) is 1. The SMILES string of the molecule is CCOc1cc(/C=N\Nc2cccc([N+](=O)[O-])c2)cc(Br)c1OCC(=O)N(C)C. The smallest absolute Gasteiger partial charge is 0.271 e. The zero-order valence-electron chi connectivity index (χ0n) is 16.2. The van der Waals surface area contributed by atoms with Crippen LogP contribution in [0, 0.1) is 10.1 Å². The van der Waals surface area contributed by atoms with Gasteiger partial charge in [0.05, 0.1) is 27.9 Å². The molecule has 0 saturated heterocycles. The van der Waals surface area contributed by atoms with E-state index in [2.05, 4.69) is 26.5 Å². The molecule has 1 amide bonds. The van der Waals surface area contributed by atoms with Crippen LogP contribution in [0.1, 0.15) is 12.5 Å². The summed E-state index contributed by atoms with van der Waals surface area (Å²) < 4.78 is 11.8. The fourth-order valence-corrected chi connectivity index (χ4v) is 2.77. The van der Waals surface area contributed by atoms with Crippen LogP contribution < -0.4 is 14.9 Å². The summed E-state index contributed by atoms with van der Waals surface area (Å²) in [4.78, 5) is 23.6. The van der Waals surface area contributed by atoms with E-state index in [0.29, 0.717) is 33.8 Å². The predicted molar refractivity (Wildman–Crippen MR) is 114 cm³/mol. The molecule has 0 unspecified atom stereocenters. The molecule has 0 fully saturated rings. The fourth-order valence-electron chi connectivity index (χ4n) is 2.20. The number of amides is 1. The molecule has 0 aromatic heterocycles. The first-order chi connectivity index (χ1) is 13.8. The summed E-state index contributed by atoms with van der Waals surface area (Å²) in [5.74, 6) is 0.710. The van der Waals surface area contributed by atoms with E-state index in [1.54, 1.807) is 44.6 Å². The Bertz CT molecular complexity index is 917. The van der Waals surface area contributed by atoms with Gasteiger partial charge in [0, 0.05) is 26.2 Å². The Morgan fingerprint density at radius 2 is 2.07 bits per heavy atom. The Morgan fingerprint density at radius 1 is 1.31 bits per heavy atom. The van der Waals surface area contributed by atoms with Gasteiger partial charge in [-0.25, -0.2) is 0 Å². The number of halogens is 1. The van der Waals surface area contributed by atoms with Crippen molar-refractivity contribution in [2.75, 3.05) is 32.7 Å². The molecule has 1 N–H and O–H groups in total. The van der Waals surface area contributed by atoms with E-state index < -0.39 is 4.92 Å². The van der Waals surface area contributed by atoms with Gasteiger partial charge in [0.1, 0.15) is 0 Å². The van der Waals surface area contributed by atoms with Gasteiger partial charge in [0.2, 0.25) is 0 Å². The number of carbonyl (C=O) groups is 1. The first-order valence-corrected chi connectivity index (χ1v) is 9.44. The lowest BCUT2D eigenvalue weighted by Gasteiger charge is -2.16. The highest BCUT2D eigenvalue weighted by molar-refractivity contribution is 9.10. The Balaban J connectivity index is 2.16. The Kier molecular flexibility index (Phi) is 7.96. The molecule has 154 valence electrons. The quantitative estimate of drug-likeness (QED) is 0.344. The summed E-state index contributed by atoms with van der Waals surface area (Å²) in [6.45, 7) is 2.14. The molecule has 0 aliphatic heterocycles. The number of benzene rings is 2. The van der Waals surface area contributed by atoms with Crippen molar-refractivity contribution in [3.8, 4) is 11.5 Å². The average Bonchev–Trinajstić information content (AvgIpc) is 2.67. The Labute approximate surface area is 176 Å². The molecular formula is C19H21BrN4O5. The van der Waals surface area contributed by atoms with Crippen molar-refractivity contribution < 1.29 is 19.2 Å². The van der Waals surface area contributed by atoms with Crippen molar-refractivity contribution in [3.63, 3.8) is 0 Å². The van der Waals surface area contributed by atoms with E-state index in [9.17, 15) is 14.9 Å². The van der Waals surface area contributed by atoms with Crippen molar-refractivity contribution in [2.45, 2.75) is 6.92 Å². The highest BCUT2D eigenvalue weighted by Crippen LogP contribution is 2.36. The average molecular weight is 465 g/mol. The van der Waals surface area contributed by atoms with Gasteiger partial charge >= 0.3 is 0 Å². The van der Waals surface area contributed by atoms with E-state index in [-0.39, 0.29) is 18.2 Å². The summed E-state index contributed by atoms with van der Waals surface area (Å²) >= 11 is 3.43. The number of anilines is 1. The third-order valence-electron chi connectivity index (χ3n) is 3.63. The standard InChI is InChI=1S/C19H21BrN4O5/c1-4-28-17-9-13(8-16(20)19(17)29-12-18(25)23(2)3)11-21-22-14-6-5-7-15(10-14)24(26)27/h5-11,22H,4,12H2,1-3H3/b21-11-. The normalized spacial score (nSPS) is 10.6. The minimum atomic E-state index is -0.472. The number of nitro groups is 1. The summed E-state index contributed by atoms with van der Waals surface area (Å²) in [6, 6.07) is 9.52. The number of rotatable bonds is 9. The molecule has 2 aromatic rings. The van der Waals surface area contributed by atoms with Crippen molar-refractivity contribution in [1.82, 2.24) is 4.90 Å². The molecule has 0 aliphatic rings. The molecule has 0 atom stereocenters. The monoisotopic (exact) mass is 464 g/mol. The van der Waals surface area contributed by atoms with Crippen LogP contribution >= 0.6 is 15.9 Å². The van der Waals surface area contributed by atoms with Crippen LogP contribution in [0.25, 0.3) is 0 Å². The topological polar surface area (TPSA) is 106 Å². The third-order valence-corrected chi connectivity index (χ3v) is 4.22. The van der Waals surface area contributed by atoms with Gasteiger partial charge in [-0.2, -0.15) is 5.10 Å². The molecule has 10 heteroatoms. The molecule has 0 spiro atoms. The second-order valence-electron chi connectivity index (χ2n) is 6.02. The zero-order chi connectivity index (χ0) is 21.4. The number of nitro benzene ring substituents is 1. The molecule has 2 aromatic carbocycles. The van der Waals surface area contributed by atoms with Crippen LogP contribution in [0.2, 0.25) is 0 Å². The summed E-state index contributed by atoms with van der Waals surface area (Å²) in [7, 11) is 3.30. The maximum absolute atomic E-state index is 11.8. The van der Waals surface area contributed by atoms with Gasteiger partial charge in [-0.15, -0.1) is 0 Å². The first-order valence-electron chi connectivity index (χ1n) is 8.64.